The molecule has 0 bridgehead atoms. The molecule has 1 unspecified atom stereocenters. The Kier molecular flexibility index (Phi) is 5.49. The van der Waals surface area contributed by atoms with Gasteiger partial charge in [-0.3, -0.25) is 4.79 Å². The Morgan fingerprint density at radius 3 is 2.38 bits per heavy atom. The van der Waals surface area contributed by atoms with Crippen molar-refractivity contribution in [2.45, 2.75) is 44.6 Å². The summed E-state index contributed by atoms with van der Waals surface area (Å²) in [5.74, 6) is -0.331. The van der Waals surface area contributed by atoms with Crippen molar-refractivity contribution in [2.75, 3.05) is 5.32 Å². The summed E-state index contributed by atoms with van der Waals surface area (Å²) in [6.45, 7) is 6.13. The van der Waals surface area contributed by atoms with Gasteiger partial charge in [0.2, 0.25) is 15.9 Å². The van der Waals surface area contributed by atoms with Gasteiger partial charge < -0.3 is 11.1 Å². The fourth-order valence-electron chi connectivity index (χ4n) is 2.12. The number of carbonyl (C=O) groups is 1. The highest BCUT2D eigenvalue weighted by molar-refractivity contribution is 7.89. The van der Waals surface area contributed by atoms with Crippen molar-refractivity contribution in [3.8, 4) is 0 Å². The SMILES string of the molecule is CC(C)(C)CC(N)CC(=O)Nc1ccccc1S(N)(=O)=O. The first kappa shape index (κ1) is 17.6. The van der Waals surface area contributed by atoms with Crippen LogP contribution in [0.15, 0.2) is 29.2 Å². The van der Waals surface area contributed by atoms with Gasteiger partial charge in [-0.05, 0) is 24.0 Å². The lowest BCUT2D eigenvalue weighted by Gasteiger charge is -2.22. The highest BCUT2D eigenvalue weighted by Gasteiger charge is 2.20. The average Bonchev–Trinajstić information content (AvgIpc) is 2.24. The normalized spacial score (nSPS) is 13.8. The fraction of sp³-hybridized carbons (Fsp3) is 0.500. The number of anilines is 1. The van der Waals surface area contributed by atoms with Crippen molar-refractivity contribution in [1.82, 2.24) is 0 Å². The molecule has 0 radical (unpaired) electrons. The largest absolute Gasteiger partial charge is 0.327 e. The van der Waals surface area contributed by atoms with Crippen molar-refractivity contribution >= 4 is 21.6 Å². The second kappa shape index (κ2) is 6.55. The third kappa shape index (κ3) is 6.24. The van der Waals surface area contributed by atoms with Crippen LogP contribution in [-0.2, 0) is 14.8 Å². The molecule has 118 valence electrons. The van der Waals surface area contributed by atoms with E-state index in [2.05, 4.69) is 5.32 Å². The summed E-state index contributed by atoms with van der Waals surface area (Å²) in [4.78, 5) is 11.9. The molecule has 0 saturated heterocycles. The van der Waals surface area contributed by atoms with E-state index >= 15 is 0 Å². The predicted octanol–water partition coefficient (Wildman–Crippen LogP) is 1.43. The van der Waals surface area contributed by atoms with Gasteiger partial charge in [-0.25, -0.2) is 13.6 Å². The minimum atomic E-state index is -3.88. The molecule has 0 saturated carbocycles. The van der Waals surface area contributed by atoms with Gasteiger partial charge >= 0.3 is 0 Å². The lowest BCUT2D eigenvalue weighted by Crippen LogP contribution is -2.31. The second-order valence-corrected chi connectivity index (χ2v) is 7.85. The number of para-hydroxylation sites is 1. The van der Waals surface area contributed by atoms with E-state index in [4.69, 9.17) is 10.9 Å². The number of benzene rings is 1. The van der Waals surface area contributed by atoms with Gasteiger partial charge in [-0.1, -0.05) is 32.9 Å². The van der Waals surface area contributed by atoms with Crippen molar-refractivity contribution < 1.29 is 13.2 Å². The number of sulfonamides is 1. The maximum atomic E-state index is 12.0. The first-order valence-corrected chi connectivity index (χ1v) is 8.21. The Balaban J connectivity index is 2.77. The lowest BCUT2D eigenvalue weighted by molar-refractivity contribution is -0.116. The van der Waals surface area contributed by atoms with E-state index in [-0.39, 0.29) is 34.4 Å². The van der Waals surface area contributed by atoms with Gasteiger partial charge in [-0.2, -0.15) is 0 Å². The third-order valence-electron chi connectivity index (χ3n) is 2.79. The molecule has 5 N–H and O–H groups in total. The first-order chi connectivity index (χ1) is 9.49. The Hall–Kier alpha value is -1.44. The van der Waals surface area contributed by atoms with Gasteiger partial charge in [0.15, 0.2) is 0 Å². The molecule has 0 fully saturated rings. The maximum Gasteiger partial charge on any atom is 0.240 e. The first-order valence-electron chi connectivity index (χ1n) is 6.66. The van der Waals surface area contributed by atoms with E-state index in [1.807, 2.05) is 20.8 Å². The number of rotatable bonds is 5. The lowest BCUT2D eigenvalue weighted by atomic mass is 9.87. The van der Waals surface area contributed by atoms with Crippen molar-refractivity contribution in [2.24, 2.45) is 16.3 Å². The van der Waals surface area contributed by atoms with Crippen LogP contribution in [0.5, 0.6) is 0 Å². The van der Waals surface area contributed by atoms with Gasteiger partial charge in [0.05, 0.1) is 5.69 Å². The molecular weight excluding hydrogens is 290 g/mol. The zero-order chi connectivity index (χ0) is 16.3. The fourth-order valence-corrected chi connectivity index (χ4v) is 2.81. The number of primary sulfonamides is 1. The number of hydrogen-bond donors (Lipinski definition) is 3. The summed E-state index contributed by atoms with van der Waals surface area (Å²) in [5.41, 5.74) is 6.13. The van der Waals surface area contributed by atoms with Crippen LogP contribution in [0.2, 0.25) is 0 Å². The quantitative estimate of drug-likeness (QED) is 0.762. The molecule has 0 aliphatic heterocycles. The molecule has 1 atom stereocenters. The van der Waals surface area contributed by atoms with Crippen LogP contribution in [0.4, 0.5) is 5.69 Å². The summed E-state index contributed by atoms with van der Waals surface area (Å²) in [5, 5.41) is 7.67. The summed E-state index contributed by atoms with van der Waals surface area (Å²) in [7, 11) is -3.88. The molecule has 6 nitrogen and oxygen atoms in total. The maximum absolute atomic E-state index is 12.0. The Morgan fingerprint density at radius 2 is 1.86 bits per heavy atom. The minimum Gasteiger partial charge on any atom is -0.327 e. The van der Waals surface area contributed by atoms with E-state index in [0.717, 1.165) is 0 Å². The van der Waals surface area contributed by atoms with Crippen LogP contribution >= 0.6 is 0 Å². The third-order valence-corrected chi connectivity index (χ3v) is 3.76. The second-order valence-electron chi connectivity index (χ2n) is 6.32. The molecule has 1 rings (SSSR count). The molecule has 0 aliphatic carbocycles. The Labute approximate surface area is 126 Å². The highest BCUT2D eigenvalue weighted by Crippen LogP contribution is 2.22. The number of hydrogen-bond acceptors (Lipinski definition) is 4. The number of nitrogens with one attached hydrogen (secondary N) is 1. The van der Waals surface area contributed by atoms with Crippen molar-refractivity contribution in [1.29, 1.82) is 0 Å². The molecule has 7 heteroatoms. The Bertz CT molecular complexity index is 606. The van der Waals surface area contributed by atoms with E-state index in [0.29, 0.717) is 6.42 Å². The van der Waals surface area contributed by atoms with Crippen LogP contribution in [0.1, 0.15) is 33.6 Å². The molecule has 1 aromatic rings. The van der Waals surface area contributed by atoms with E-state index in [1.54, 1.807) is 12.1 Å². The molecule has 21 heavy (non-hydrogen) atoms. The van der Waals surface area contributed by atoms with E-state index < -0.39 is 10.0 Å². The molecular formula is C14H23N3O3S. The standard InChI is InChI=1S/C14H23N3O3S/c1-14(2,3)9-10(15)8-13(18)17-11-6-4-5-7-12(11)21(16,19)20/h4-7,10H,8-9,15H2,1-3H3,(H,17,18)(H2,16,19,20). The van der Waals surface area contributed by atoms with Gasteiger partial charge in [-0.15, -0.1) is 0 Å². The topological polar surface area (TPSA) is 115 Å². The van der Waals surface area contributed by atoms with Gasteiger partial charge in [0.25, 0.3) is 0 Å². The smallest absolute Gasteiger partial charge is 0.240 e. The number of carbonyl (C=O) groups excluding carboxylic acids is 1. The van der Waals surface area contributed by atoms with Crippen molar-refractivity contribution in [3.05, 3.63) is 24.3 Å². The monoisotopic (exact) mass is 313 g/mol. The summed E-state index contributed by atoms with van der Waals surface area (Å²) >= 11 is 0. The van der Waals surface area contributed by atoms with Gasteiger partial charge in [0.1, 0.15) is 4.90 Å². The van der Waals surface area contributed by atoms with Crippen LogP contribution in [-0.4, -0.2) is 20.4 Å². The average molecular weight is 313 g/mol. The van der Waals surface area contributed by atoms with E-state index in [9.17, 15) is 13.2 Å². The van der Waals surface area contributed by atoms with Crippen molar-refractivity contribution in [3.63, 3.8) is 0 Å². The highest BCUT2D eigenvalue weighted by atomic mass is 32.2. The summed E-state index contributed by atoms with van der Waals surface area (Å²) in [6, 6.07) is 5.72. The molecule has 0 aromatic heterocycles. The summed E-state index contributed by atoms with van der Waals surface area (Å²) in [6.07, 6.45) is 0.813. The van der Waals surface area contributed by atoms with E-state index in [1.165, 1.54) is 12.1 Å². The zero-order valence-electron chi connectivity index (χ0n) is 12.6. The molecule has 0 heterocycles. The predicted molar refractivity (Wildman–Crippen MR) is 83.1 cm³/mol. The van der Waals surface area contributed by atoms with Gasteiger partial charge in [0, 0.05) is 12.5 Å². The zero-order valence-corrected chi connectivity index (χ0v) is 13.4. The molecule has 0 aliphatic rings. The van der Waals surface area contributed by atoms with Crippen LogP contribution in [0, 0.1) is 5.41 Å². The van der Waals surface area contributed by atoms with Crippen LogP contribution < -0.4 is 16.2 Å². The Morgan fingerprint density at radius 1 is 1.29 bits per heavy atom. The van der Waals surface area contributed by atoms with Crippen LogP contribution in [0.25, 0.3) is 0 Å². The molecule has 1 aromatic carbocycles. The summed E-state index contributed by atoms with van der Waals surface area (Å²) < 4.78 is 22.9. The molecule has 0 spiro atoms. The minimum absolute atomic E-state index is 0.0260. The number of amides is 1. The molecule has 1 amide bonds. The number of nitrogens with two attached hydrogens (primary N) is 2. The van der Waals surface area contributed by atoms with Crippen LogP contribution in [0.3, 0.4) is 0 Å².